The summed E-state index contributed by atoms with van der Waals surface area (Å²) in [6.07, 6.45) is 0. The Bertz CT molecular complexity index is 404. The van der Waals surface area contributed by atoms with Gasteiger partial charge in [-0.3, -0.25) is 9.89 Å². The number of carbonyl (C=O) groups excluding carboxylic acids is 1. The van der Waals surface area contributed by atoms with Crippen molar-refractivity contribution in [1.82, 2.24) is 15.5 Å². The lowest BCUT2D eigenvalue weighted by Gasteiger charge is -2.06. The first-order chi connectivity index (χ1) is 7.81. The third-order valence-electron chi connectivity index (χ3n) is 1.86. The molecule has 0 aliphatic carbocycles. The van der Waals surface area contributed by atoms with E-state index in [1.165, 1.54) is 0 Å². The molecule has 0 aliphatic rings. The highest BCUT2D eigenvalue weighted by Crippen LogP contribution is 2.29. The van der Waals surface area contributed by atoms with Crippen LogP contribution in [0.4, 0.5) is 18.9 Å². The number of nitrogens with zero attached hydrogens (tertiary/aromatic N) is 1. The van der Waals surface area contributed by atoms with E-state index < -0.39 is 11.4 Å². The summed E-state index contributed by atoms with van der Waals surface area (Å²) in [6, 6.07) is 0. The normalized spacial score (nSPS) is 11.5. The van der Waals surface area contributed by atoms with Gasteiger partial charge in [-0.1, -0.05) is 0 Å². The first kappa shape index (κ1) is 13.7. The molecule has 96 valence electrons. The number of alkyl halides is 3. The Morgan fingerprint density at radius 2 is 2.24 bits per heavy atom. The third kappa shape index (κ3) is 4.17. The van der Waals surface area contributed by atoms with E-state index in [-0.39, 0.29) is 35.4 Å². The highest BCUT2D eigenvalue weighted by Gasteiger charge is 2.27. The summed E-state index contributed by atoms with van der Waals surface area (Å²) in [7, 11) is 0. The molecule has 0 aliphatic heterocycles. The molecule has 0 bridgehead atoms. The number of nitrogens with two attached hydrogens (primary N) is 1. The van der Waals surface area contributed by atoms with Crippen molar-refractivity contribution in [2.75, 3.05) is 18.0 Å². The fourth-order valence-electron chi connectivity index (χ4n) is 1.03. The molecule has 1 rings (SSSR count). The number of aromatic nitrogens is 2. The molecule has 1 heterocycles. The number of H-pyrrole nitrogens is 1. The average molecular weight is 268 g/mol. The molecule has 4 N–H and O–H groups in total. The van der Waals surface area contributed by atoms with Crippen molar-refractivity contribution in [3.63, 3.8) is 0 Å². The fourth-order valence-corrected chi connectivity index (χ4v) is 1.46. The van der Waals surface area contributed by atoms with Crippen LogP contribution in [0.1, 0.15) is 16.2 Å². The number of carbonyl (C=O) groups is 1. The number of amides is 1. The van der Waals surface area contributed by atoms with Crippen molar-refractivity contribution in [3.8, 4) is 0 Å². The van der Waals surface area contributed by atoms with Crippen molar-refractivity contribution in [1.29, 1.82) is 0 Å². The SMILES string of the molecule is Cc1[nH]nc(C(=O)NCCSC(F)(F)F)c1N. The zero-order chi connectivity index (χ0) is 13.1. The summed E-state index contributed by atoms with van der Waals surface area (Å²) in [5.41, 5.74) is 1.99. The van der Waals surface area contributed by atoms with Gasteiger partial charge in [0.2, 0.25) is 0 Å². The molecule has 1 amide bonds. The number of nitrogen functional groups attached to an aromatic ring is 1. The summed E-state index contributed by atoms with van der Waals surface area (Å²) in [6.45, 7) is 1.53. The number of rotatable bonds is 4. The Hall–Kier alpha value is -1.38. The van der Waals surface area contributed by atoms with Gasteiger partial charge in [0.25, 0.3) is 5.91 Å². The van der Waals surface area contributed by atoms with E-state index in [9.17, 15) is 18.0 Å². The largest absolute Gasteiger partial charge is 0.441 e. The molecule has 0 atom stereocenters. The van der Waals surface area contributed by atoms with Gasteiger partial charge in [0, 0.05) is 12.3 Å². The van der Waals surface area contributed by atoms with Gasteiger partial charge in [0.1, 0.15) is 0 Å². The molecule has 0 fully saturated rings. The summed E-state index contributed by atoms with van der Waals surface area (Å²) < 4.78 is 35.4. The number of hydrogen-bond acceptors (Lipinski definition) is 4. The van der Waals surface area contributed by atoms with Crippen molar-refractivity contribution in [2.24, 2.45) is 0 Å². The number of aromatic amines is 1. The summed E-state index contributed by atoms with van der Waals surface area (Å²) >= 11 is -0.194. The maximum Gasteiger partial charge on any atom is 0.441 e. The summed E-state index contributed by atoms with van der Waals surface area (Å²) in [4.78, 5) is 11.4. The number of thioether (sulfide) groups is 1. The van der Waals surface area contributed by atoms with Crippen LogP contribution in [0, 0.1) is 6.92 Å². The fraction of sp³-hybridized carbons (Fsp3) is 0.500. The molecule has 1 aromatic rings. The Balaban J connectivity index is 2.38. The van der Waals surface area contributed by atoms with E-state index in [2.05, 4.69) is 15.5 Å². The molecule has 0 saturated heterocycles. The molecule has 9 heteroatoms. The molecular formula is C8H11F3N4OS. The van der Waals surface area contributed by atoms with Crippen LogP contribution in [0.3, 0.4) is 0 Å². The Morgan fingerprint density at radius 1 is 1.59 bits per heavy atom. The molecule has 0 unspecified atom stereocenters. The van der Waals surface area contributed by atoms with Gasteiger partial charge in [0.15, 0.2) is 5.69 Å². The van der Waals surface area contributed by atoms with Crippen LogP contribution in [0.25, 0.3) is 0 Å². The van der Waals surface area contributed by atoms with Crippen LogP contribution in [0.15, 0.2) is 0 Å². The number of hydrogen-bond donors (Lipinski definition) is 3. The zero-order valence-electron chi connectivity index (χ0n) is 8.89. The summed E-state index contributed by atoms with van der Waals surface area (Å²) in [5.74, 6) is -0.840. The molecular weight excluding hydrogens is 257 g/mol. The second-order valence-electron chi connectivity index (χ2n) is 3.16. The second kappa shape index (κ2) is 5.30. The predicted molar refractivity (Wildman–Crippen MR) is 58.6 cm³/mol. The molecule has 0 spiro atoms. The third-order valence-corrected chi connectivity index (χ3v) is 2.60. The van der Waals surface area contributed by atoms with Crippen LogP contribution in [-0.4, -0.2) is 33.9 Å². The number of halogens is 3. The average Bonchev–Trinajstić information content (AvgIpc) is 2.53. The van der Waals surface area contributed by atoms with Gasteiger partial charge >= 0.3 is 5.51 Å². The zero-order valence-corrected chi connectivity index (χ0v) is 9.71. The predicted octanol–water partition coefficient (Wildman–Crippen LogP) is 1.28. The quantitative estimate of drug-likeness (QED) is 0.718. The first-order valence-corrected chi connectivity index (χ1v) is 5.59. The minimum absolute atomic E-state index is 0.000455. The highest BCUT2D eigenvalue weighted by atomic mass is 32.2. The lowest BCUT2D eigenvalue weighted by Crippen LogP contribution is -2.27. The van der Waals surface area contributed by atoms with E-state index in [4.69, 9.17) is 5.73 Å². The summed E-state index contributed by atoms with van der Waals surface area (Å²) in [5, 5.41) is 8.47. The Kier molecular flexibility index (Phi) is 4.27. The van der Waals surface area contributed by atoms with Crippen molar-refractivity contribution >= 4 is 23.4 Å². The smallest absolute Gasteiger partial charge is 0.395 e. The van der Waals surface area contributed by atoms with Crippen LogP contribution in [0.2, 0.25) is 0 Å². The van der Waals surface area contributed by atoms with Crippen molar-refractivity contribution in [3.05, 3.63) is 11.4 Å². The van der Waals surface area contributed by atoms with Gasteiger partial charge in [0.05, 0.1) is 11.4 Å². The number of nitrogens with one attached hydrogen (secondary N) is 2. The highest BCUT2D eigenvalue weighted by molar-refractivity contribution is 8.00. The van der Waals surface area contributed by atoms with Gasteiger partial charge in [-0.05, 0) is 18.7 Å². The van der Waals surface area contributed by atoms with Gasteiger partial charge < -0.3 is 11.1 Å². The minimum Gasteiger partial charge on any atom is -0.395 e. The van der Waals surface area contributed by atoms with Crippen LogP contribution >= 0.6 is 11.8 Å². The Labute approximate surface area is 99.3 Å². The van der Waals surface area contributed by atoms with Crippen LogP contribution in [-0.2, 0) is 0 Å². The van der Waals surface area contributed by atoms with E-state index in [1.54, 1.807) is 6.92 Å². The van der Waals surface area contributed by atoms with Gasteiger partial charge in [-0.25, -0.2) is 0 Å². The monoisotopic (exact) mass is 268 g/mol. The molecule has 1 aromatic heterocycles. The molecule has 0 radical (unpaired) electrons. The van der Waals surface area contributed by atoms with Crippen molar-refractivity contribution in [2.45, 2.75) is 12.4 Å². The minimum atomic E-state index is -4.29. The standard InChI is InChI=1S/C8H11F3N4OS/c1-4-5(12)6(15-14-4)7(16)13-2-3-17-8(9,10)11/h2-3,12H2,1H3,(H,13,16)(H,14,15). The lowest BCUT2D eigenvalue weighted by atomic mass is 10.3. The molecule has 17 heavy (non-hydrogen) atoms. The van der Waals surface area contributed by atoms with E-state index in [1.807, 2.05) is 0 Å². The lowest BCUT2D eigenvalue weighted by molar-refractivity contribution is -0.0327. The van der Waals surface area contributed by atoms with E-state index >= 15 is 0 Å². The van der Waals surface area contributed by atoms with E-state index in [0.29, 0.717) is 5.69 Å². The van der Waals surface area contributed by atoms with Gasteiger partial charge in [-0.15, -0.1) is 0 Å². The second-order valence-corrected chi connectivity index (χ2v) is 4.32. The maximum atomic E-state index is 11.8. The van der Waals surface area contributed by atoms with Crippen molar-refractivity contribution < 1.29 is 18.0 Å². The maximum absolute atomic E-state index is 11.8. The number of anilines is 1. The van der Waals surface area contributed by atoms with E-state index in [0.717, 1.165) is 0 Å². The topological polar surface area (TPSA) is 83.8 Å². The molecule has 5 nitrogen and oxygen atoms in total. The van der Waals surface area contributed by atoms with Crippen LogP contribution in [0.5, 0.6) is 0 Å². The van der Waals surface area contributed by atoms with Crippen LogP contribution < -0.4 is 11.1 Å². The van der Waals surface area contributed by atoms with Gasteiger partial charge in [-0.2, -0.15) is 18.3 Å². The number of aryl methyl sites for hydroxylation is 1. The first-order valence-electron chi connectivity index (χ1n) is 4.60. The molecule has 0 saturated carbocycles. The Morgan fingerprint density at radius 3 is 2.71 bits per heavy atom. The molecule has 0 aromatic carbocycles.